The SMILES string of the molecule is N#CCN(Cc1ccccc1)C(=O)c1cc2ccccc2c(=O)[nH]1. The highest BCUT2D eigenvalue weighted by molar-refractivity contribution is 5.96. The van der Waals surface area contributed by atoms with Gasteiger partial charge in [0.1, 0.15) is 12.2 Å². The van der Waals surface area contributed by atoms with Gasteiger partial charge in [0.05, 0.1) is 6.07 Å². The smallest absolute Gasteiger partial charge is 0.271 e. The van der Waals surface area contributed by atoms with Gasteiger partial charge in [0.15, 0.2) is 0 Å². The first-order chi connectivity index (χ1) is 11.7. The fraction of sp³-hybridized carbons (Fsp3) is 0.105. The van der Waals surface area contributed by atoms with Gasteiger partial charge in [-0.2, -0.15) is 5.26 Å². The molecule has 0 spiro atoms. The average molecular weight is 317 g/mol. The van der Waals surface area contributed by atoms with Crippen LogP contribution >= 0.6 is 0 Å². The first-order valence-electron chi connectivity index (χ1n) is 7.51. The lowest BCUT2D eigenvalue weighted by Crippen LogP contribution is -2.32. The fourth-order valence-corrected chi connectivity index (χ4v) is 2.59. The van der Waals surface area contributed by atoms with E-state index in [4.69, 9.17) is 5.26 Å². The zero-order valence-corrected chi connectivity index (χ0v) is 12.9. The van der Waals surface area contributed by atoms with Crippen LogP contribution < -0.4 is 5.56 Å². The van der Waals surface area contributed by atoms with E-state index in [1.54, 1.807) is 24.3 Å². The molecule has 0 aliphatic rings. The molecule has 1 heterocycles. The second-order valence-electron chi connectivity index (χ2n) is 5.40. The van der Waals surface area contributed by atoms with Crippen LogP contribution in [0.15, 0.2) is 65.5 Å². The second-order valence-corrected chi connectivity index (χ2v) is 5.40. The molecule has 5 nitrogen and oxygen atoms in total. The molecule has 0 saturated heterocycles. The van der Waals surface area contributed by atoms with Crippen molar-refractivity contribution in [3.63, 3.8) is 0 Å². The first kappa shape index (κ1) is 15.5. The van der Waals surface area contributed by atoms with E-state index in [9.17, 15) is 9.59 Å². The van der Waals surface area contributed by atoms with Crippen LogP contribution in [0.4, 0.5) is 0 Å². The topological polar surface area (TPSA) is 77.0 Å². The molecule has 118 valence electrons. The maximum atomic E-state index is 12.7. The maximum Gasteiger partial charge on any atom is 0.271 e. The van der Waals surface area contributed by atoms with Crippen molar-refractivity contribution in [3.8, 4) is 6.07 Å². The Morgan fingerprint density at radius 3 is 2.54 bits per heavy atom. The summed E-state index contributed by atoms with van der Waals surface area (Å²) in [5, 5.41) is 10.2. The van der Waals surface area contributed by atoms with Crippen LogP contribution in [0.2, 0.25) is 0 Å². The maximum absolute atomic E-state index is 12.7. The molecule has 1 N–H and O–H groups in total. The summed E-state index contributed by atoms with van der Waals surface area (Å²) < 4.78 is 0. The van der Waals surface area contributed by atoms with Gasteiger partial charge in [-0.05, 0) is 23.1 Å². The van der Waals surface area contributed by atoms with Crippen LogP contribution in [0.25, 0.3) is 10.8 Å². The number of carbonyl (C=O) groups excluding carboxylic acids is 1. The zero-order chi connectivity index (χ0) is 16.9. The van der Waals surface area contributed by atoms with Gasteiger partial charge in [-0.15, -0.1) is 0 Å². The number of amides is 1. The molecule has 0 saturated carbocycles. The van der Waals surface area contributed by atoms with Crippen molar-refractivity contribution in [3.05, 3.63) is 82.3 Å². The van der Waals surface area contributed by atoms with Crippen molar-refractivity contribution >= 4 is 16.7 Å². The molecule has 24 heavy (non-hydrogen) atoms. The van der Waals surface area contributed by atoms with Gasteiger partial charge in [0.2, 0.25) is 0 Å². The molecule has 1 amide bonds. The number of aromatic amines is 1. The Morgan fingerprint density at radius 2 is 1.79 bits per heavy atom. The third-order valence-corrected chi connectivity index (χ3v) is 3.75. The summed E-state index contributed by atoms with van der Waals surface area (Å²) in [6, 6.07) is 20.2. The minimum atomic E-state index is -0.372. The molecule has 1 aromatic heterocycles. The molecular formula is C19H15N3O2. The quantitative estimate of drug-likeness (QED) is 0.752. The summed E-state index contributed by atoms with van der Waals surface area (Å²) in [5.41, 5.74) is 0.794. The largest absolute Gasteiger partial charge is 0.320 e. The van der Waals surface area contributed by atoms with Crippen LogP contribution in [0.3, 0.4) is 0 Å². The summed E-state index contributed by atoms with van der Waals surface area (Å²) >= 11 is 0. The molecule has 0 bridgehead atoms. The normalized spacial score (nSPS) is 10.3. The van der Waals surface area contributed by atoms with Crippen LogP contribution in [-0.4, -0.2) is 22.3 Å². The number of H-pyrrole nitrogens is 1. The summed E-state index contributed by atoms with van der Waals surface area (Å²) in [6.07, 6.45) is 0. The third kappa shape index (κ3) is 3.18. The predicted molar refractivity (Wildman–Crippen MR) is 91.4 cm³/mol. The van der Waals surface area contributed by atoms with Crippen LogP contribution in [-0.2, 0) is 6.54 Å². The lowest BCUT2D eigenvalue weighted by Gasteiger charge is -2.19. The van der Waals surface area contributed by atoms with Gasteiger partial charge >= 0.3 is 0 Å². The Bertz CT molecular complexity index is 971. The van der Waals surface area contributed by atoms with E-state index in [0.717, 1.165) is 5.56 Å². The highest BCUT2D eigenvalue weighted by atomic mass is 16.2. The van der Waals surface area contributed by atoms with Gasteiger partial charge in [0, 0.05) is 11.9 Å². The average Bonchev–Trinajstić information content (AvgIpc) is 2.61. The highest BCUT2D eigenvalue weighted by Gasteiger charge is 2.17. The number of rotatable bonds is 4. The lowest BCUT2D eigenvalue weighted by molar-refractivity contribution is 0.0759. The third-order valence-electron chi connectivity index (χ3n) is 3.75. The summed E-state index contributed by atoms with van der Waals surface area (Å²) in [7, 11) is 0. The van der Waals surface area contributed by atoms with E-state index in [2.05, 4.69) is 4.98 Å². The van der Waals surface area contributed by atoms with Crippen molar-refractivity contribution < 1.29 is 4.79 Å². The molecule has 0 atom stereocenters. The minimum absolute atomic E-state index is 0.0530. The molecule has 0 unspecified atom stereocenters. The van der Waals surface area contributed by atoms with Crippen molar-refractivity contribution in [2.75, 3.05) is 6.54 Å². The van der Waals surface area contributed by atoms with Crippen molar-refractivity contribution in [1.82, 2.24) is 9.88 Å². The predicted octanol–water partition coefficient (Wildman–Crippen LogP) is 2.69. The Balaban J connectivity index is 1.96. The second kappa shape index (κ2) is 6.80. The van der Waals surface area contributed by atoms with Crippen molar-refractivity contribution in [2.24, 2.45) is 0 Å². The summed E-state index contributed by atoms with van der Waals surface area (Å²) in [4.78, 5) is 28.9. The lowest BCUT2D eigenvalue weighted by atomic mass is 10.1. The van der Waals surface area contributed by atoms with Gasteiger partial charge < -0.3 is 9.88 Å². The molecular weight excluding hydrogens is 302 g/mol. The number of nitrogens with one attached hydrogen (secondary N) is 1. The van der Waals surface area contributed by atoms with E-state index in [-0.39, 0.29) is 23.7 Å². The standard InChI is InChI=1S/C19H15N3O2/c20-10-11-22(13-14-6-2-1-3-7-14)19(24)17-12-15-8-4-5-9-16(15)18(23)21-17/h1-9,12H,11,13H2,(H,21,23). The van der Waals surface area contributed by atoms with Gasteiger partial charge in [-0.25, -0.2) is 0 Å². The van der Waals surface area contributed by atoms with E-state index in [0.29, 0.717) is 17.3 Å². The highest BCUT2D eigenvalue weighted by Crippen LogP contribution is 2.13. The van der Waals surface area contributed by atoms with Gasteiger partial charge in [-0.3, -0.25) is 9.59 Å². The van der Waals surface area contributed by atoms with Crippen LogP contribution in [0, 0.1) is 11.3 Å². The molecule has 5 heteroatoms. The van der Waals surface area contributed by atoms with Gasteiger partial charge in [-0.1, -0.05) is 48.5 Å². The molecule has 3 aromatic rings. The van der Waals surface area contributed by atoms with E-state index < -0.39 is 0 Å². The van der Waals surface area contributed by atoms with Crippen LogP contribution in [0.5, 0.6) is 0 Å². The van der Waals surface area contributed by atoms with E-state index in [1.807, 2.05) is 42.5 Å². The number of pyridine rings is 1. The summed E-state index contributed by atoms with van der Waals surface area (Å²) in [5.74, 6) is -0.372. The molecule has 0 radical (unpaired) electrons. The number of nitriles is 1. The summed E-state index contributed by atoms with van der Waals surface area (Å²) in [6.45, 7) is 0.255. The van der Waals surface area contributed by atoms with Gasteiger partial charge in [0.25, 0.3) is 11.5 Å². The zero-order valence-electron chi connectivity index (χ0n) is 12.9. The van der Waals surface area contributed by atoms with Crippen molar-refractivity contribution in [1.29, 1.82) is 5.26 Å². The van der Waals surface area contributed by atoms with Crippen molar-refractivity contribution in [2.45, 2.75) is 6.54 Å². The number of hydrogen-bond acceptors (Lipinski definition) is 3. The molecule has 0 fully saturated rings. The number of carbonyl (C=O) groups is 1. The molecule has 0 aliphatic heterocycles. The van der Waals surface area contributed by atoms with E-state index >= 15 is 0 Å². The number of hydrogen-bond donors (Lipinski definition) is 1. The Morgan fingerprint density at radius 1 is 1.08 bits per heavy atom. The Labute approximate surface area is 138 Å². The fourth-order valence-electron chi connectivity index (χ4n) is 2.59. The number of nitrogens with zero attached hydrogens (tertiary/aromatic N) is 2. The van der Waals surface area contributed by atoms with E-state index in [1.165, 1.54) is 4.90 Å². The molecule has 3 rings (SSSR count). The monoisotopic (exact) mass is 317 g/mol. The molecule has 2 aromatic carbocycles. The Hall–Kier alpha value is -3.39. The first-order valence-corrected chi connectivity index (χ1v) is 7.51. The number of aromatic nitrogens is 1. The van der Waals surface area contributed by atoms with Crippen LogP contribution in [0.1, 0.15) is 16.1 Å². The minimum Gasteiger partial charge on any atom is -0.320 e. The number of fused-ring (bicyclic) bond motifs is 1. The molecule has 0 aliphatic carbocycles. The number of benzene rings is 2. The Kier molecular flexibility index (Phi) is 4.39.